The van der Waals surface area contributed by atoms with Gasteiger partial charge in [0.2, 0.25) is 5.91 Å². The Morgan fingerprint density at radius 1 is 1.45 bits per heavy atom. The zero-order valence-electron chi connectivity index (χ0n) is 11.2. The van der Waals surface area contributed by atoms with Crippen molar-refractivity contribution in [3.63, 3.8) is 0 Å². The van der Waals surface area contributed by atoms with Gasteiger partial charge >= 0.3 is 0 Å². The van der Waals surface area contributed by atoms with Crippen LogP contribution in [0.1, 0.15) is 12.8 Å². The van der Waals surface area contributed by atoms with Gasteiger partial charge in [-0.1, -0.05) is 22.0 Å². The van der Waals surface area contributed by atoms with Crippen LogP contribution in [0, 0.1) is 0 Å². The zero-order valence-corrected chi connectivity index (χ0v) is 12.8. The minimum atomic E-state index is -0.798. The molecule has 3 N–H and O–H groups in total. The summed E-state index contributed by atoms with van der Waals surface area (Å²) in [6.07, 6.45) is 1.12. The number of ether oxygens (including phenoxy) is 2. The fourth-order valence-corrected chi connectivity index (χ4v) is 2.41. The second-order valence-electron chi connectivity index (χ2n) is 4.83. The summed E-state index contributed by atoms with van der Waals surface area (Å²) in [5.41, 5.74) is 5.28. The molecule has 0 unspecified atom stereocenters. The standard InChI is InChI=1S/C14H19BrN2O3/c15-11-2-1-3-12(10-11)20-9-6-17-13(18)14(16)4-7-19-8-5-14/h1-3,10H,4-9,16H2,(H,17,18). The van der Waals surface area contributed by atoms with Crippen LogP contribution in [0.2, 0.25) is 0 Å². The molecule has 0 aliphatic carbocycles. The monoisotopic (exact) mass is 342 g/mol. The maximum Gasteiger partial charge on any atom is 0.240 e. The van der Waals surface area contributed by atoms with Crippen molar-refractivity contribution in [2.75, 3.05) is 26.4 Å². The summed E-state index contributed by atoms with van der Waals surface area (Å²) in [5, 5.41) is 2.82. The first-order valence-corrected chi connectivity index (χ1v) is 7.43. The van der Waals surface area contributed by atoms with Crippen molar-refractivity contribution < 1.29 is 14.3 Å². The third-order valence-electron chi connectivity index (χ3n) is 3.29. The van der Waals surface area contributed by atoms with Gasteiger partial charge in [0.1, 0.15) is 12.4 Å². The molecule has 1 amide bonds. The molecule has 0 atom stereocenters. The number of hydrogen-bond donors (Lipinski definition) is 2. The quantitative estimate of drug-likeness (QED) is 0.794. The molecule has 0 aromatic heterocycles. The SMILES string of the molecule is NC1(C(=O)NCCOc2cccc(Br)c2)CCOCC1. The maximum atomic E-state index is 12.0. The van der Waals surface area contributed by atoms with E-state index in [9.17, 15) is 4.79 Å². The molecule has 1 heterocycles. The van der Waals surface area contributed by atoms with E-state index in [2.05, 4.69) is 21.2 Å². The Bertz CT molecular complexity index is 461. The lowest BCUT2D eigenvalue weighted by atomic mass is 9.90. The predicted molar refractivity (Wildman–Crippen MR) is 79.6 cm³/mol. The third-order valence-corrected chi connectivity index (χ3v) is 3.78. The van der Waals surface area contributed by atoms with Crippen LogP contribution in [-0.2, 0) is 9.53 Å². The molecular weight excluding hydrogens is 324 g/mol. The number of carbonyl (C=O) groups is 1. The summed E-state index contributed by atoms with van der Waals surface area (Å²) in [6, 6.07) is 7.58. The largest absolute Gasteiger partial charge is 0.492 e. The Morgan fingerprint density at radius 3 is 2.90 bits per heavy atom. The molecule has 1 aromatic carbocycles. The molecule has 1 aliphatic heterocycles. The summed E-state index contributed by atoms with van der Waals surface area (Å²) in [6.45, 7) is 1.93. The van der Waals surface area contributed by atoms with E-state index in [1.54, 1.807) is 0 Å². The van der Waals surface area contributed by atoms with Gasteiger partial charge in [-0.25, -0.2) is 0 Å². The van der Waals surface area contributed by atoms with Crippen molar-refractivity contribution in [1.29, 1.82) is 0 Å². The van der Waals surface area contributed by atoms with E-state index in [4.69, 9.17) is 15.2 Å². The molecular formula is C14H19BrN2O3. The summed E-state index contributed by atoms with van der Waals surface area (Å²) >= 11 is 3.38. The minimum absolute atomic E-state index is 0.126. The molecule has 1 fully saturated rings. The second kappa shape index (κ2) is 7.06. The molecule has 1 saturated heterocycles. The first-order valence-electron chi connectivity index (χ1n) is 6.63. The van der Waals surface area contributed by atoms with Crippen LogP contribution in [0.25, 0.3) is 0 Å². The molecule has 20 heavy (non-hydrogen) atoms. The average molecular weight is 343 g/mol. The van der Waals surface area contributed by atoms with E-state index in [1.165, 1.54) is 0 Å². The normalized spacial score (nSPS) is 17.5. The molecule has 110 valence electrons. The van der Waals surface area contributed by atoms with E-state index in [1.807, 2.05) is 24.3 Å². The Kier molecular flexibility index (Phi) is 5.39. The van der Waals surface area contributed by atoms with Crippen LogP contribution in [0.4, 0.5) is 0 Å². The Hall–Kier alpha value is -1.11. The van der Waals surface area contributed by atoms with Crippen LogP contribution >= 0.6 is 15.9 Å². The Labute approximate surface area is 126 Å². The van der Waals surface area contributed by atoms with E-state index in [0.717, 1.165) is 10.2 Å². The number of halogens is 1. The molecule has 6 heteroatoms. The smallest absolute Gasteiger partial charge is 0.240 e. The van der Waals surface area contributed by atoms with Crippen LogP contribution in [0.5, 0.6) is 5.75 Å². The van der Waals surface area contributed by atoms with Gasteiger partial charge in [-0.2, -0.15) is 0 Å². The molecule has 5 nitrogen and oxygen atoms in total. The van der Waals surface area contributed by atoms with E-state index < -0.39 is 5.54 Å². The summed E-state index contributed by atoms with van der Waals surface area (Å²) in [5.74, 6) is 0.640. The molecule has 0 radical (unpaired) electrons. The second-order valence-corrected chi connectivity index (χ2v) is 5.75. The van der Waals surface area contributed by atoms with Crippen molar-refractivity contribution >= 4 is 21.8 Å². The van der Waals surface area contributed by atoms with Crippen molar-refractivity contribution in [1.82, 2.24) is 5.32 Å². The van der Waals surface area contributed by atoms with E-state index in [0.29, 0.717) is 39.2 Å². The summed E-state index contributed by atoms with van der Waals surface area (Å²) < 4.78 is 11.7. The van der Waals surface area contributed by atoms with Crippen molar-refractivity contribution in [3.05, 3.63) is 28.7 Å². The highest BCUT2D eigenvalue weighted by Gasteiger charge is 2.35. The van der Waals surface area contributed by atoms with Gasteiger partial charge in [0.15, 0.2) is 0 Å². The van der Waals surface area contributed by atoms with Gasteiger partial charge in [-0.15, -0.1) is 0 Å². The predicted octanol–water partition coefficient (Wildman–Crippen LogP) is 1.45. The fraction of sp³-hybridized carbons (Fsp3) is 0.500. The molecule has 2 rings (SSSR count). The molecule has 0 bridgehead atoms. The van der Waals surface area contributed by atoms with Crippen molar-refractivity contribution in [2.24, 2.45) is 5.73 Å². The summed E-state index contributed by atoms with van der Waals surface area (Å²) in [7, 11) is 0. The van der Waals surface area contributed by atoms with Gasteiger partial charge in [-0.3, -0.25) is 4.79 Å². The molecule has 1 aliphatic rings. The number of nitrogens with one attached hydrogen (secondary N) is 1. The van der Waals surface area contributed by atoms with Gasteiger partial charge < -0.3 is 20.5 Å². The molecule has 0 spiro atoms. The lowest BCUT2D eigenvalue weighted by molar-refractivity contribution is -0.129. The van der Waals surface area contributed by atoms with Crippen LogP contribution in [-0.4, -0.2) is 37.8 Å². The first kappa shape index (κ1) is 15.3. The lowest BCUT2D eigenvalue weighted by Crippen LogP contribution is -2.57. The Balaban J connectivity index is 1.71. The van der Waals surface area contributed by atoms with Crippen LogP contribution in [0.3, 0.4) is 0 Å². The molecule has 0 saturated carbocycles. The average Bonchev–Trinajstić information content (AvgIpc) is 2.44. The van der Waals surface area contributed by atoms with Crippen molar-refractivity contribution in [3.8, 4) is 5.75 Å². The number of benzene rings is 1. The minimum Gasteiger partial charge on any atom is -0.492 e. The summed E-state index contributed by atoms with van der Waals surface area (Å²) in [4.78, 5) is 12.0. The van der Waals surface area contributed by atoms with Crippen molar-refractivity contribution in [2.45, 2.75) is 18.4 Å². The lowest BCUT2D eigenvalue weighted by Gasteiger charge is -2.31. The highest BCUT2D eigenvalue weighted by Crippen LogP contribution is 2.18. The van der Waals surface area contributed by atoms with Gasteiger partial charge in [0.25, 0.3) is 0 Å². The molecule has 1 aromatic rings. The number of rotatable bonds is 5. The number of nitrogens with two attached hydrogens (primary N) is 1. The zero-order chi connectivity index (χ0) is 14.4. The van der Waals surface area contributed by atoms with Gasteiger partial charge in [-0.05, 0) is 31.0 Å². The van der Waals surface area contributed by atoms with E-state index >= 15 is 0 Å². The third kappa shape index (κ3) is 4.19. The van der Waals surface area contributed by atoms with E-state index in [-0.39, 0.29) is 5.91 Å². The highest BCUT2D eigenvalue weighted by molar-refractivity contribution is 9.10. The fourth-order valence-electron chi connectivity index (χ4n) is 2.03. The maximum absolute atomic E-state index is 12.0. The number of amides is 1. The van der Waals surface area contributed by atoms with Crippen LogP contribution in [0.15, 0.2) is 28.7 Å². The topological polar surface area (TPSA) is 73.6 Å². The van der Waals surface area contributed by atoms with Crippen LogP contribution < -0.4 is 15.8 Å². The van der Waals surface area contributed by atoms with Gasteiger partial charge in [0.05, 0.1) is 12.1 Å². The Morgan fingerprint density at radius 2 is 2.20 bits per heavy atom. The number of hydrogen-bond acceptors (Lipinski definition) is 4. The number of carbonyl (C=O) groups excluding carboxylic acids is 1. The van der Waals surface area contributed by atoms with Gasteiger partial charge in [0, 0.05) is 17.7 Å². The first-order chi connectivity index (χ1) is 9.60. The highest BCUT2D eigenvalue weighted by atomic mass is 79.9.